The first-order chi connectivity index (χ1) is 6.20. The zero-order valence-electron chi connectivity index (χ0n) is 8.15. The van der Waals surface area contributed by atoms with Crippen LogP contribution in [0.25, 0.3) is 11.4 Å². The highest BCUT2D eigenvalue weighted by molar-refractivity contribution is 5.75. The molecule has 0 aromatic heterocycles. The van der Waals surface area contributed by atoms with E-state index < -0.39 is 0 Å². The van der Waals surface area contributed by atoms with E-state index in [1.54, 1.807) is 0 Å². The molecule has 0 bridgehead atoms. The maximum Gasteiger partial charge on any atom is 0.141 e. The molecule has 2 heterocycles. The van der Waals surface area contributed by atoms with Gasteiger partial charge in [0.25, 0.3) is 0 Å². The summed E-state index contributed by atoms with van der Waals surface area (Å²) in [5.41, 5.74) is 2.42. The highest BCUT2D eigenvalue weighted by Gasteiger charge is 2.12. The lowest BCUT2D eigenvalue weighted by Gasteiger charge is -2.17. The van der Waals surface area contributed by atoms with Crippen molar-refractivity contribution in [2.24, 2.45) is 7.05 Å². The van der Waals surface area contributed by atoms with E-state index in [4.69, 9.17) is 0 Å². The summed E-state index contributed by atoms with van der Waals surface area (Å²) >= 11 is 0. The van der Waals surface area contributed by atoms with Gasteiger partial charge in [0.05, 0.1) is 0 Å². The third-order valence-corrected chi connectivity index (χ3v) is 2.23. The van der Waals surface area contributed by atoms with Crippen LogP contribution in [-0.4, -0.2) is 23.6 Å². The molecule has 0 N–H and O–H groups in total. The molecule has 0 aliphatic carbocycles. The summed E-state index contributed by atoms with van der Waals surface area (Å²) in [7, 11) is 6.10. The Morgan fingerprint density at radius 3 is 2.77 bits per heavy atom. The highest BCUT2D eigenvalue weighted by Crippen LogP contribution is 2.29. The minimum atomic E-state index is 1.03. The molecular weight excluding hydrogens is 162 g/mol. The molecule has 3 nitrogen and oxygen atoms in total. The Kier molecular flexibility index (Phi) is 1.72. The number of hydrogen-bond acceptors (Lipinski definition) is 2. The monoisotopic (exact) mass is 175 g/mol. The van der Waals surface area contributed by atoms with Gasteiger partial charge in [-0.2, -0.15) is 0 Å². The van der Waals surface area contributed by atoms with Gasteiger partial charge in [-0.05, 0) is 12.1 Å². The van der Waals surface area contributed by atoms with Crippen molar-refractivity contribution >= 4 is 5.69 Å². The van der Waals surface area contributed by atoms with E-state index in [2.05, 4.69) is 16.0 Å². The van der Waals surface area contributed by atoms with Crippen molar-refractivity contribution in [3.8, 4) is 11.4 Å². The Morgan fingerprint density at radius 2 is 2.08 bits per heavy atom. The Morgan fingerprint density at radius 1 is 1.31 bits per heavy atom. The zero-order chi connectivity index (χ0) is 9.42. The number of rotatable bonds is 1. The Hall–Kier alpha value is -1.51. The van der Waals surface area contributed by atoms with E-state index in [0.717, 1.165) is 5.82 Å². The van der Waals surface area contributed by atoms with Gasteiger partial charge in [0.15, 0.2) is 0 Å². The molecule has 0 unspecified atom stereocenters. The summed E-state index contributed by atoms with van der Waals surface area (Å²) in [6.07, 6.45) is 3.88. The number of aromatic nitrogens is 2. The minimum absolute atomic E-state index is 1.03. The molecule has 2 rings (SSSR count). The molecule has 13 heavy (non-hydrogen) atoms. The molecule has 0 aromatic rings. The lowest BCUT2D eigenvalue weighted by atomic mass is 10.2. The number of anilines is 1. The first-order valence-electron chi connectivity index (χ1n) is 4.27. The Bertz CT molecular complexity index is 389. The van der Waals surface area contributed by atoms with Crippen LogP contribution in [-0.2, 0) is 7.05 Å². The average molecular weight is 175 g/mol. The van der Waals surface area contributed by atoms with Gasteiger partial charge in [-0.25, -0.2) is 4.98 Å². The van der Waals surface area contributed by atoms with Gasteiger partial charge in [0.2, 0.25) is 0 Å². The van der Waals surface area contributed by atoms with Gasteiger partial charge in [-0.1, -0.05) is 0 Å². The van der Waals surface area contributed by atoms with Crippen molar-refractivity contribution in [1.82, 2.24) is 9.55 Å². The first-order valence-corrected chi connectivity index (χ1v) is 4.27. The molecule has 0 fully saturated rings. The SMILES string of the molecule is CN(C)c1ccn(C)c2nccc1-2. The molecule has 0 atom stereocenters. The van der Waals surface area contributed by atoms with E-state index in [1.165, 1.54) is 11.3 Å². The number of pyridine rings is 1. The Labute approximate surface area is 78.0 Å². The first kappa shape index (κ1) is 8.10. The van der Waals surface area contributed by atoms with Crippen LogP contribution in [0.2, 0.25) is 0 Å². The summed E-state index contributed by atoms with van der Waals surface area (Å²) < 4.78 is 2.03. The zero-order valence-corrected chi connectivity index (χ0v) is 8.15. The van der Waals surface area contributed by atoms with Crippen LogP contribution >= 0.6 is 0 Å². The summed E-state index contributed by atoms with van der Waals surface area (Å²) in [6.45, 7) is 0. The second-order valence-electron chi connectivity index (χ2n) is 3.39. The molecule has 0 amide bonds. The molecule has 2 aliphatic rings. The van der Waals surface area contributed by atoms with Crippen LogP contribution in [0.15, 0.2) is 24.5 Å². The van der Waals surface area contributed by atoms with Crippen molar-refractivity contribution < 1.29 is 0 Å². The van der Waals surface area contributed by atoms with Crippen LogP contribution in [0.3, 0.4) is 0 Å². The minimum Gasteiger partial charge on any atom is -0.377 e. The molecule has 0 aromatic carbocycles. The molecule has 2 aliphatic heterocycles. The average Bonchev–Trinajstić information content (AvgIpc) is 2.53. The fraction of sp³-hybridized carbons (Fsp3) is 0.300. The lowest BCUT2D eigenvalue weighted by molar-refractivity contribution is 0.887. The third-order valence-electron chi connectivity index (χ3n) is 2.23. The second kappa shape index (κ2) is 2.76. The summed E-state index contributed by atoms with van der Waals surface area (Å²) in [4.78, 5) is 6.40. The summed E-state index contributed by atoms with van der Waals surface area (Å²) in [5.74, 6) is 1.03. The second-order valence-corrected chi connectivity index (χ2v) is 3.39. The summed E-state index contributed by atoms with van der Waals surface area (Å²) in [5, 5.41) is 0. The van der Waals surface area contributed by atoms with E-state index in [0.29, 0.717) is 0 Å². The quantitative estimate of drug-likeness (QED) is 0.656. The predicted molar refractivity (Wildman–Crippen MR) is 54.2 cm³/mol. The Balaban J connectivity index is 2.68. The van der Waals surface area contributed by atoms with Crippen molar-refractivity contribution in [3.05, 3.63) is 24.5 Å². The maximum absolute atomic E-state index is 4.30. The van der Waals surface area contributed by atoms with Crippen molar-refractivity contribution in [2.75, 3.05) is 19.0 Å². The van der Waals surface area contributed by atoms with Crippen molar-refractivity contribution in [1.29, 1.82) is 0 Å². The normalized spacial score (nSPS) is 10.7. The predicted octanol–water partition coefficient (Wildman–Crippen LogP) is 1.59. The fourth-order valence-corrected chi connectivity index (χ4v) is 1.54. The summed E-state index contributed by atoms with van der Waals surface area (Å²) in [6, 6.07) is 4.15. The van der Waals surface area contributed by atoms with Crippen LogP contribution < -0.4 is 4.90 Å². The van der Waals surface area contributed by atoms with Crippen LogP contribution in [0.4, 0.5) is 5.69 Å². The molecule has 0 radical (unpaired) electrons. The standard InChI is InChI=1S/C10H13N3/c1-12(2)9-5-7-13(3)10-8(9)4-6-11-10/h4-7H,1-3H3. The molecule has 0 saturated heterocycles. The third kappa shape index (κ3) is 1.16. The number of aryl methyl sites for hydroxylation is 1. The molecule has 3 heteroatoms. The van der Waals surface area contributed by atoms with E-state index >= 15 is 0 Å². The van der Waals surface area contributed by atoms with Gasteiger partial charge in [0.1, 0.15) is 5.82 Å². The van der Waals surface area contributed by atoms with E-state index in [-0.39, 0.29) is 0 Å². The fourth-order valence-electron chi connectivity index (χ4n) is 1.54. The largest absolute Gasteiger partial charge is 0.377 e. The molecule has 68 valence electrons. The van der Waals surface area contributed by atoms with Gasteiger partial charge in [-0.15, -0.1) is 0 Å². The van der Waals surface area contributed by atoms with Crippen molar-refractivity contribution in [3.63, 3.8) is 0 Å². The molecule has 0 spiro atoms. The van der Waals surface area contributed by atoms with Gasteiger partial charge >= 0.3 is 0 Å². The van der Waals surface area contributed by atoms with E-state index in [9.17, 15) is 0 Å². The topological polar surface area (TPSA) is 21.1 Å². The molecule has 0 saturated carbocycles. The maximum atomic E-state index is 4.30. The van der Waals surface area contributed by atoms with Crippen LogP contribution in [0.1, 0.15) is 0 Å². The van der Waals surface area contributed by atoms with Gasteiger partial charge in [0, 0.05) is 44.8 Å². The smallest absolute Gasteiger partial charge is 0.141 e. The van der Waals surface area contributed by atoms with Gasteiger partial charge in [-0.3, -0.25) is 0 Å². The van der Waals surface area contributed by atoms with E-state index in [1.807, 2.05) is 44.2 Å². The van der Waals surface area contributed by atoms with Crippen LogP contribution in [0, 0.1) is 0 Å². The number of nitrogens with zero attached hydrogens (tertiary/aromatic N) is 3. The lowest BCUT2D eigenvalue weighted by Crippen LogP contribution is -2.11. The van der Waals surface area contributed by atoms with Crippen LogP contribution in [0.5, 0.6) is 0 Å². The highest BCUT2D eigenvalue weighted by atomic mass is 15.1. The number of hydrogen-bond donors (Lipinski definition) is 0. The number of fused-ring (bicyclic) bond motifs is 1. The van der Waals surface area contributed by atoms with Gasteiger partial charge < -0.3 is 9.47 Å². The van der Waals surface area contributed by atoms with Crippen molar-refractivity contribution in [2.45, 2.75) is 0 Å². The molecular formula is C10H13N3.